The van der Waals surface area contributed by atoms with Gasteiger partial charge in [-0.2, -0.15) is 0 Å². The first-order valence-electron chi connectivity index (χ1n) is 5.39. The molecule has 5 heteroatoms. The van der Waals surface area contributed by atoms with Crippen molar-refractivity contribution in [1.82, 2.24) is 5.32 Å². The van der Waals surface area contributed by atoms with E-state index < -0.39 is 0 Å². The van der Waals surface area contributed by atoms with Crippen molar-refractivity contribution in [3.63, 3.8) is 0 Å². The summed E-state index contributed by atoms with van der Waals surface area (Å²) >= 11 is 4.14. The minimum absolute atomic E-state index is 0.0849. The van der Waals surface area contributed by atoms with Crippen LogP contribution in [0.2, 0.25) is 0 Å². The molecule has 2 unspecified atom stereocenters. The molecular formula is C10H19NO2S2. The van der Waals surface area contributed by atoms with Gasteiger partial charge in [0.15, 0.2) is 0 Å². The van der Waals surface area contributed by atoms with Crippen LogP contribution in [0.15, 0.2) is 0 Å². The standard InChI is InChI=1S/C10H19NO2S2/c1-8(15-14)3-2-5-11-10(12)9-4-6-13-7-9/h8-9,14H,2-7H2,1H3,(H,11,12). The molecule has 0 bridgehead atoms. The molecule has 1 heterocycles. The van der Waals surface area contributed by atoms with Crippen molar-refractivity contribution in [3.05, 3.63) is 0 Å². The molecule has 1 saturated heterocycles. The van der Waals surface area contributed by atoms with Crippen molar-refractivity contribution in [2.75, 3.05) is 19.8 Å². The summed E-state index contributed by atoms with van der Waals surface area (Å²) in [5, 5.41) is 3.51. The third-order valence-electron chi connectivity index (χ3n) is 2.57. The molecule has 1 N–H and O–H groups in total. The predicted octanol–water partition coefficient (Wildman–Crippen LogP) is 1.89. The van der Waals surface area contributed by atoms with E-state index in [1.54, 1.807) is 10.8 Å². The summed E-state index contributed by atoms with van der Waals surface area (Å²) in [6, 6.07) is 0. The van der Waals surface area contributed by atoms with E-state index in [1.807, 2.05) is 0 Å². The topological polar surface area (TPSA) is 38.3 Å². The third-order valence-corrected chi connectivity index (χ3v) is 4.24. The van der Waals surface area contributed by atoms with Crippen molar-refractivity contribution >= 4 is 28.4 Å². The minimum Gasteiger partial charge on any atom is -0.381 e. The molecule has 15 heavy (non-hydrogen) atoms. The summed E-state index contributed by atoms with van der Waals surface area (Å²) in [4.78, 5) is 11.5. The number of carbonyl (C=O) groups is 1. The highest BCUT2D eigenvalue weighted by Crippen LogP contribution is 2.18. The highest BCUT2D eigenvalue weighted by molar-refractivity contribution is 8.68. The molecular weight excluding hydrogens is 230 g/mol. The largest absolute Gasteiger partial charge is 0.381 e. The fourth-order valence-electron chi connectivity index (χ4n) is 1.54. The van der Waals surface area contributed by atoms with Crippen LogP contribution in [-0.2, 0) is 9.53 Å². The van der Waals surface area contributed by atoms with Crippen LogP contribution in [0.3, 0.4) is 0 Å². The Morgan fingerprint density at radius 2 is 2.53 bits per heavy atom. The molecule has 1 aliphatic heterocycles. The van der Waals surface area contributed by atoms with Gasteiger partial charge in [-0.3, -0.25) is 4.79 Å². The van der Waals surface area contributed by atoms with Crippen molar-refractivity contribution < 1.29 is 9.53 Å². The van der Waals surface area contributed by atoms with E-state index in [-0.39, 0.29) is 11.8 Å². The average Bonchev–Trinajstić information content (AvgIpc) is 2.77. The predicted molar refractivity (Wildman–Crippen MR) is 67.2 cm³/mol. The Balaban J connectivity index is 2.01. The first kappa shape index (κ1) is 13.2. The summed E-state index contributed by atoms with van der Waals surface area (Å²) in [7, 11) is 1.57. The van der Waals surface area contributed by atoms with Crippen LogP contribution in [0.5, 0.6) is 0 Å². The molecule has 0 radical (unpaired) electrons. The maximum Gasteiger partial charge on any atom is 0.225 e. The lowest BCUT2D eigenvalue weighted by Gasteiger charge is -2.10. The van der Waals surface area contributed by atoms with Gasteiger partial charge >= 0.3 is 0 Å². The second kappa shape index (κ2) is 7.41. The molecule has 1 aliphatic rings. The zero-order valence-electron chi connectivity index (χ0n) is 9.07. The van der Waals surface area contributed by atoms with Crippen LogP contribution < -0.4 is 5.32 Å². The lowest BCUT2D eigenvalue weighted by Crippen LogP contribution is -2.31. The van der Waals surface area contributed by atoms with Crippen LogP contribution in [-0.4, -0.2) is 30.9 Å². The molecule has 0 aliphatic carbocycles. The number of hydrogen-bond donors (Lipinski definition) is 2. The Bertz CT molecular complexity index is 196. The number of ether oxygens (including phenoxy) is 1. The second-order valence-corrected chi connectivity index (χ2v) is 5.56. The molecule has 0 saturated carbocycles. The average molecular weight is 249 g/mol. The fourth-order valence-corrected chi connectivity index (χ4v) is 2.13. The van der Waals surface area contributed by atoms with E-state index in [4.69, 9.17) is 4.74 Å². The van der Waals surface area contributed by atoms with Crippen molar-refractivity contribution in [2.24, 2.45) is 5.92 Å². The number of carbonyl (C=O) groups excluding carboxylic acids is 1. The summed E-state index contributed by atoms with van der Waals surface area (Å²) in [5.41, 5.74) is 0. The van der Waals surface area contributed by atoms with Gasteiger partial charge < -0.3 is 10.1 Å². The number of amides is 1. The molecule has 2 atom stereocenters. The third kappa shape index (κ3) is 5.13. The number of nitrogens with one attached hydrogen (secondary N) is 1. The summed E-state index contributed by atoms with van der Waals surface area (Å²) in [6.45, 7) is 4.23. The second-order valence-electron chi connectivity index (χ2n) is 3.91. The quantitative estimate of drug-likeness (QED) is 0.429. The Morgan fingerprint density at radius 1 is 1.73 bits per heavy atom. The van der Waals surface area contributed by atoms with Gasteiger partial charge in [0.05, 0.1) is 12.5 Å². The van der Waals surface area contributed by atoms with Gasteiger partial charge in [0.1, 0.15) is 0 Å². The molecule has 0 aromatic carbocycles. The van der Waals surface area contributed by atoms with Gasteiger partial charge in [-0.15, -0.1) is 11.7 Å². The van der Waals surface area contributed by atoms with Crippen molar-refractivity contribution in [3.8, 4) is 0 Å². The van der Waals surface area contributed by atoms with Gasteiger partial charge in [0.25, 0.3) is 0 Å². The summed E-state index contributed by atoms with van der Waals surface area (Å²) in [5.74, 6) is 0.236. The Labute approximate surface area is 101 Å². The zero-order valence-corrected chi connectivity index (χ0v) is 10.8. The summed E-state index contributed by atoms with van der Waals surface area (Å²) < 4.78 is 5.17. The minimum atomic E-state index is 0.0849. The van der Waals surface area contributed by atoms with Gasteiger partial charge in [-0.25, -0.2) is 0 Å². The van der Waals surface area contributed by atoms with Crippen LogP contribution in [0.25, 0.3) is 0 Å². The number of thiol groups is 1. The monoisotopic (exact) mass is 249 g/mol. The molecule has 0 spiro atoms. The van der Waals surface area contributed by atoms with E-state index in [0.717, 1.165) is 32.4 Å². The van der Waals surface area contributed by atoms with E-state index in [9.17, 15) is 4.79 Å². The van der Waals surface area contributed by atoms with Gasteiger partial charge in [0, 0.05) is 18.4 Å². The van der Waals surface area contributed by atoms with Crippen LogP contribution >= 0.6 is 22.5 Å². The normalized spacial score (nSPS) is 22.7. The van der Waals surface area contributed by atoms with Crippen LogP contribution in [0.4, 0.5) is 0 Å². The van der Waals surface area contributed by atoms with Gasteiger partial charge in [-0.1, -0.05) is 17.7 Å². The summed E-state index contributed by atoms with van der Waals surface area (Å²) in [6.07, 6.45) is 2.98. The first-order chi connectivity index (χ1) is 7.24. The molecule has 3 nitrogen and oxygen atoms in total. The molecule has 0 aromatic rings. The zero-order chi connectivity index (χ0) is 11.1. The van der Waals surface area contributed by atoms with E-state index in [2.05, 4.69) is 23.9 Å². The molecule has 1 fully saturated rings. The Hall–Kier alpha value is 0.130. The molecule has 0 aromatic heterocycles. The lowest BCUT2D eigenvalue weighted by molar-refractivity contribution is -0.124. The highest BCUT2D eigenvalue weighted by atomic mass is 33.1. The Kier molecular flexibility index (Phi) is 6.52. The smallest absolute Gasteiger partial charge is 0.225 e. The van der Waals surface area contributed by atoms with Crippen molar-refractivity contribution in [1.29, 1.82) is 0 Å². The lowest BCUT2D eigenvalue weighted by atomic mass is 10.1. The number of rotatable bonds is 6. The Morgan fingerprint density at radius 3 is 3.13 bits per heavy atom. The van der Waals surface area contributed by atoms with E-state index in [0.29, 0.717) is 11.9 Å². The number of hydrogen-bond acceptors (Lipinski definition) is 4. The van der Waals surface area contributed by atoms with Gasteiger partial charge in [0.2, 0.25) is 5.91 Å². The highest BCUT2D eigenvalue weighted by Gasteiger charge is 2.22. The van der Waals surface area contributed by atoms with Crippen LogP contribution in [0.1, 0.15) is 26.2 Å². The first-order valence-corrected chi connectivity index (χ1v) is 7.33. The fraction of sp³-hybridized carbons (Fsp3) is 0.900. The van der Waals surface area contributed by atoms with E-state index in [1.165, 1.54) is 0 Å². The van der Waals surface area contributed by atoms with Crippen LogP contribution in [0, 0.1) is 5.92 Å². The maximum atomic E-state index is 11.5. The molecule has 1 amide bonds. The molecule has 88 valence electrons. The van der Waals surface area contributed by atoms with Gasteiger partial charge in [-0.05, 0) is 19.3 Å². The SMILES string of the molecule is CC(CCCNC(=O)C1CCOC1)SS. The van der Waals surface area contributed by atoms with Crippen molar-refractivity contribution in [2.45, 2.75) is 31.4 Å². The molecule has 1 rings (SSSR count). The van der Waals surface area contributed by atoms with E-state index >= 15 is 0 Å². The maximum absolute atomic E-state index is 11.5.